The van der Waals surface area contributed by atoms with Crippen LogP contribution in [0.4, 0.5) is 0 Å². The molecule has 0 aromatic carbocycles. The van der Waals surface area contributed by atoms with Gasteiger partial charge in [-0.25, -0.2) is 0 Å². The Morgan fingerprint density at radius 2 is 2.27 bits per heavy atom. The molecular weight excluding hydrogens is 140 g/mol. The Bertz CT molecular complexity index is 138. The summed E-state index contributed by atoms with van der Waals surface area (Å²) in [6.45, 7) is 6.11. The van der Waals surface area contributed by atoms with Crippen molar-refractivity contribution in [2.24, 2.45) is 5.92 Å². The highest BCUT2D eigenvalue weighted by atomic mass is 16.5. The molecule has 0 aliphatic carbocycles. The van der Waals surface area contributed by atoms with Crippen LogP contribution in [-0.2, 0) is 9.53 Å². The summed E-state index contributed by atoms with van der Waals surface area (Å²) >= 11 is 0. The molecule has 0 heterocycles. The van der Waals surface area contributed by atoms with Gasteiger partial charge in [0.1, 0.15) is 0 Å². The summed E-state index contributed by atoms with van der Waals surface area (Å²) in [5, 5.41) is 0. The number of carbonyl (C=O) groups is 1. The summed E-state index contributed by atoms with van der Waals surface area (Å²) in [6.07, 6.45) is 4.69. The highest BCUT2D eigenvalue weighted by Crippen LogP contribution is 2.04. The molecule has 2 nitrogen and oxygen atoms in total. The topological polar surface area (TPSA) is 26.3 Å². The van der Waals surface area contributed by atoms with Crippen molar-refractivity contribution < 1.29 is 9.53 Å². The Morgan fingerprint density at radius 3 is 2.73 bits per heavy atom. The van der Waals surface area contributed by atoms with Crippen LogP contribution in [0.1, 0.15) is 27.2 Å². The largest absolute Gasteiger partial charge is 0.466 e. The van der Waals surface area contributed by atoms with E-state index in [2.05, 4.69) is 0 Å². The van der Waals surface area contributed by atoms with Crippen LogP contribution in [0.5, 0.6) is 0 Å². The van der Waals surface area contributed by atoms with Gasteiger partial charge in [0.05, 0.1) is 12.5 Å². The summed E-state index contributed by atoms with van der Waals surface area (Å²) in [7, 11) is 0. The van der Waals surface area contributed by atoms with E-state index in [1.807, 2.05) is 32.9 Å². The first kappa shape index (κ1) is 10.2. The molecule has 1 unspecified atom stereocenters. The van der Waals surface area contributed by atoms with Crippen LogP contribution in [0.25, 0.3) is 0 Å². The average molecular weight is 156 g/mol. The van der Waals surface area contributed by atoms with Crippen LogP contribution in [0, 0.1) is 5.92 Å². The van der Waals surface area contributed by atoms with Crippen molar-refractivity contribution >= 4 is 5.97 Å². The lowest BCUT2D eigenvalue weighted by atomic mass is 10.1. The van der Waals surface area contributed by atoms with Crippen molar-refractivity contribution in [1.82, 2.24) is 0 Å². The maximum atomic E-state index is 11.0. The molecule has 0 saturated heterocycles. The molecule has 11 heavy (non-hydrogen) atoms. The van der Waals surface area contributed by atoms with Gasteiger partial charge in [0, 0.05) is 0 Å². The van der Waals surface area contributed by atoms with Gasteiger partial charge in [0.25, 0.3) is 0 Å². The smallest absolute Gasteiger partial charge is 0.308 e. The standard InChI is InChI=1S/C9H16O2/c1-4-6-7-8(3)9(10)11-5-2/h4,6,8H,5,7H2,1-3H3/b6-4+. The first-order valence-corrected chi connectivity index (χ1v) is 4.00. The van der Waals surface area contributed by atoms with Crippen LogP contribution in [0.2, 0.25) is 0 Å². The van der Waals surface area contributed by atoms with E-state index in [0.29, 0.717) is 6.61 Å². The second kappa shape index (κ2) is 5.96. The maximum absolute atomic E-state index is 11.0. The monoisotopic (exact) mass is 156 g/mol. The van der Waals surface area contributed by atoms with E-state index >= 15 is 0 Å². The zero-order valence-corrected chi connectivity index (χ0v) is 7.46. The van der Waals surface area contributed by atoms with Crippen LogP contribution in [0.3, 0.4) is 0 Å². The molecular formula is C9H16O2. The van der Waals surface area contributed by atoms with E-state index in [0.717, 1.165) is 6.42 Å². The molecule has 0 amide bonds. The fraction of sp³-hybridized carbons (Fsp3) is 0.667. The lowest BCUT2D eigenvalue weighted by molar-refractivity contribution is -0.147. The molecule has 0 aromatic heterocycles. The Hall–Kier alpha value is -0.790. The molecule has 0 N–H and O–H groups in total. The summed E-state index contributed by atoms with van der Waals surface area (Å²) in [4.78, 5) is 11.0. The van der Waals surface area contributed by atoms with Crippen LogP contribution in [-0.4, -0.2) is 12.6 Å². The number of hydrogen-bond acceptors (Lipinski definition) is 2. The third kappa shape index (κ3) is 4.59. The summed E-state index contributed by atoms with van der Waals surface area (Å²) in [5.41, 5.74) is 0. The van der Waals surface area contributed by atoms with Crippen molar-refractivity contribution in [1.29, 1.82) is 0 Å². The van der Waals surface area contributed by atoms with Crippen LogP contribution >= 0.6 is 0 Å². The Kier molecular flexibility index (Phi) is 5.53. The van der Waals surface area contributed by atoms with Gasteiger partial charge < -0.3 is 4.74 Å². The lowest BCUT2D eigenvalue weighted by Crippen LogP contribution is -2.13. The Balaban J connectivity index is 3.63. The number of hydrogen-bond donors (Lipinski definition) is 0. The fourth-order valence-electron chi connectivity index (χ4n) is 0.721. The molecule has 2 heteroatoms. The quantitative estimate of drug-likeness (QED) is 0.460. The Morgan fingerprint density at radius 1 is 1.64 bits per heavy atom. The number of esters is 1. The molecule has 64 valence electrons. The number of ether oxygens (including phenoxy) is 1. The van der Waals surface area contributed by atoms with Crippen molar-refractivity contribution in [2.75, 3.05) is 6.61 Å². The molecule has 1 atom stereocenters. The normalized spacial score (nSPS) is 13.4. The van der Waals surface area contributed by atoms with E-state index in [-0.39, 0.29) is 11.9 Å². The minimum atomic E-state index is -0.106. The molecule has 0 spiro atoms. The molecule has 0 aromatic rings. The molecule has 0 aliphatic rings. The fourth-order valence-corrected chi connectivity index (χ4v) is 0.721. The minimum Gasteiger partial charge on any atom is -0.466 e. The molecule has 0 radical (unpaired) electrons. The van der Waals surface area contributed by atoms with E-state index in [4.69, 9.17) is 4.74 Å². The molecule has 0 fully saturated rings. The highest BCUT2D eigenvalue weighted by molar-refractivity contribution is 5.72. The number of rotatable bonds is 4. The number of carbonyl (C=O) groups excluding carboxylic acids is 1. The van der Waals surface area contributed by atoms with Crippen molar-refractivity contribution in [2.45, 2.75) is 27.2 Å². The summed E-state index contributed by atoms with van der Waals surface area (Å²) < 4.78 is 4.83. The van der Waals surface area contributed by atoms with Gasteiger partial charge in [0.15, 0.2) is 0 Å². The van der Waals surface area contributed by atoms with Gasteiger partial charge in [-0.15, -0.1) is 0 Å². The van der Waals surface area contributed by atoms with E-state index in [1.54, 1.807) is 0 Å². The minimum absolute atomic E-state index is 0.00819. The second-order valence-electron chi connectivity index (χ2n) is 2.46. The van der Waals surface area contributed by atoms with Crippen molar-refractivity contribution in [3.8, 4) is 0 Å². The first-order valence-electron chi connectivity index (χ1n) is 4.00. The zero-order chi connectivity index (χ0) is 8.69. The second-order valence-corrected chi connectivity index (χ2v) is 2.46. The summed E-state index contributed by atoms with van der Waals surface area (Å²) in [5.74, 6) is -0.114. The van der Waals surface area contributed by atoms with Crippen molar-refractivity contribution in [3.63, 3.8) is 0 Å². The van der Waals surface area contributed by atoms with Gasteiger partial charge in [-0.05, 0) is 20.3 Å². The summed E-state index contributed by atoms with van der Waals surface area (Å²) in [6, 6.07) is 0. The first-order chi connectivity index (χ1) is 5.22. The maximum Gasteiger partial charge on any atom is 0.308 e. The van der Waals surface area contributed by atoms with E-state index in [9.17, 15) is 4.79 Å². The third-order valence-corrected chi connectivity index (χ3v) is 1.41. The van der Waals surface area contributed by atoms with Gasteiger partial charge in [-0.3, -0.25) is 4.79 Å². The Labute approximate surface area is 68.2 Å². The van der Waals surface area contributed by atoms with Gasteiger partial charge >= 0.3 is 5.97 Å². The van der Waals surface area contributed by atoms with Crippen molar-refractivity contribution in [3.05, 3.63) is 12.2 Å². The van der Waals surface area contributed by atoms with Gasteiger partial charge in [0.2, 0.25) is 0 Å². The van der Waals surface area contributed by atoms with Gasteiger partial charge in [-0.1, -0.05) is 19.1 Å². The van der Waals surface area contributed by atoms with E-state index in [1.165, 1.54) is 0 Å². The number of allylic oxidation sites excluding steroid dienone is 2. The van der Waals surface area contributed by atoms with Crippen LogP contribution in [0.15, 0.2) is 12.2 Å². The predicted octanol–water partition coefficient (Wildman–Crippen LogP) is 2.15. The molecule has 0 rings (SSSR count). The van der Waals surface area contributed by atoms with Gasteiger partial charge in [-0.2, -0.15) is 0 Å². The molecule has 0 saturated carbocycles. The highest BCUT2D eigenvalue weighted by Gasteiger charge is 2.10. The third-order valence-electron chi connectivity index (χ3n) is 1.41. The van der Waals surface area contributed by atoms with E-state index < -0.39 is 0 Å². The van der Waals surface area contributed by atoms with Crippen LogP contribution < -0.4 is 0 Å². The molecule has 0 bridgehead atoms. The SMILES string of the molecule is C/C=C/CC(C)C(=O)OCC. The molecule has 0 aliphatic heterocycles. The average Bonchev–Trinajstić information content (AvgIpc) is 2.00. The lowest BCUT2D eigenvalue weighted by Gasteiger charge is -2.06. The zero-order valence-electron chi connectivity index (χ0n) is 7.46. The predicted molar refractivity (Wildman–Crippen MR) is 45.2 cm³/mol.